The van der Waals surface area contributed by atoms with Gasteiger partial charge in [0.1, 0.15) is 0 Å². The van der Waals surface area contributed by atoms with Crippen molar-refractivity contribution in [2.45, 2.75) is 5.92 Å². The van der Waals surface area contributed by atoms with E-state index in [-0.39, 0.29) is 0 Å². The first-order valence-electron chi connectivity index (χ1n) is 5.31. The molecule has 0 radical (unpaired) electrons. The van der Waals surface area contributed by atoms with E-state index in [1.54, 1.807) is 0 Å². The average Bonchev–Trinajstić information content (AvgIpc) is 2.81. The van der Waals surface area contributed by atoms with Gasteiger partial charge in [-0.2, -0.15) is 0 Å². The van der Waals surface area contributed by atoms with Crippen LogP contribution in [0.3, 0.4) is 0 Å². The van der Waals surface area contributed by atoms with Gasteiger partial charge in [0.15, 0.2) is 5.92 Å². The van der Waals surface area contributed by atoms with Crippen molar-refractivity contribution in [3.05, 3.63) is 35.2 Å². The summed E-state index contributed by atoms with van der Waals surface area (Å²) in [5.74, 6) is -2.21. The lowest BCUT2D eigenvalue weighted by atomic mass is 10.1. The van der Waals surface area contributed by atoms with Gasteiger partial charge in [-0.05, 0) is 17.5 Å². The number of esters is 2. The van der Waals surface area contributed by atoms with Crippen molar-refractivity contribution in [1.29, 1.82) is 0 Å². The molecule has 0 spiro atoms. The third-order valence-corrected chi connectivity index (χ3v) is 3.78. The molecule has 5 heteroatoms. The quantitative estimate of drug-likeness (QED) is 0.630. The highest BCUT2D eigenvalue weighted by Crippen LogP contribution is 2.32. The molecule has 0 saturated carbocycles. The molecular weight excluding hydrogens is 252 g/mol. The smallest absolute Gasteiger partial charge is 0.325 e. The molecule has 0 saturated heterocycles. The van der Waals surface area contributed by atoms with Gasteiger partial charge in [-0.1, -0.05) is 18.2 Å². The van der Waals surface area contributed by atoms with E-state index in [0.717, 1.165) is 10.1 Å². The fourth-order valence-corrected chi connectivity index (χ4v) is 2.85. The number of carbonyl (C=O) groups excluding carboxylic acids is 2. The fourth-order valence-electron chi connectivity index (χ4n) is 1.71. The zero-order chi connectivity index (χ0) is 13.1. The molecule has 2 rings (SSSR count). The monoisotopic (exact) mass is 264 g/mol. The molecule has 1 aromatic heterocycles. The minimum atomic E-state index is -1.00. The van der Waals surface area contributed by atoms with Crippen molar-refractivity contribution >= 4 is 33.4 Å². The molecule has 0 fully saturated rings. The Balaban J connectivity index is 2.47. The number of hydrogen-bond donors (Lipinski definition) is 0. The zero-order valence-corrected chi connectivity index (χ0v) is 10.8. The van der Waals surface area contributed by atoms with E-state index in [4.69, 9.17) is 0 Å². The van der Waals surface area contributed by atoms with Gasteiger partial charge in [0.2, 0.25) is 0 Å². The van der Waals surface area contributed by atoms with Crippen LogP contribution in [-0.2, 0) is 19.1 Å². The first-order chi connectivity index (χ1) is 8.67. The summed E-state index contributed by atoms with van der Waals surface area (Å²) in [6.07, 6.45) is 0. The molecule has 0 bridgehead atoms. The highest BCUT2D eigenvalue weighted by atomic mass is 32.1. The zero-order valence-electron chi connectivity index (χ0n) is 10.0. The number of rotatable bonds is 3. The summed E-state index contributed by atoms with van der Waals surface area (Å²) in [6.45, 7) is 0. The van der Waals surface area contributed by atoms with Crippen LogP contribution in [0.5, 0.6) is 0 Å². The Morgan fingerprint density at radius 3 is 2.28 bits per heavy atom. The van der Waals surface area contributed by atoms with Crippen molar-refractivity contribution in [2.75, 3.05) is 14.2 Å². The van der Waals surface area contributed by atoms with Crippen LogP contribution in [0.2, 0.25) is 0 Å². The molecule has 4 nitrogen and oxygen atoms in total. The number of thiophene rings is 1. The summed E-state index contributed by atoms with van der Waals surface area (Å²) in [7, 11) is 2.51. The largest absolute Gasteiger partial charge is 0.468 e. The van der Waals surface area contributed by atoms with E-state index in [1.165, 1.54) is 25.6 Å². The van der Waals surface area contributed by atoms with Crippen LogP contribution in [0.4, 0.5) is 0 Å². The first kappa shape index (κ1) is 12.6. The minimum Gasteiger partial charge on any atom is -0.468 e. The number of benzene rings is 1. The molecule has 2 aromatic rings. The van der Waals surface area contributed by atoms with Gasteiger partial charge in [0, 0.05) is 9.58 Å². The number of methoxy groups -OCH3 is 2. The summed E-state index contributed by atoms with van der Waals surface area (Å²) in [5.41, 5.74) is 0. The number of ether oxygens (including phenoxy) is 2. The Morgan fingerprint density at radius 1 is 1.11 bits per heavy atom. The standard InChI is InChI=1S/C13H12O4S/c1-16-12(14)11(13(15)17-2)10-7-8-5-3-4-6-9(8)18-10/h3-7,11H,1-2H3. The third kappa shape index (κ3) is 2.22. The molecule has 1 heterocycles. The molecule has 0 N–H and O–H groups in total. The second-order valence-corrected chi connectivity index (χ2v) is 4.78. The predicted octanol–water partition coefficient (Wildman–Crippen LogP) is 2.33. The second kappa shape index (κ2) is 5.18. The minimum absolute atomic E-state index is 0.603. The Labute approximate surface area is 108 Å². The van der Waals surface area contributed by atoms with Gasteiger partial charge in [-0.3, -0.25) is 9.59 Å². The Kier molecular flexibility index (Phi) is 3.62. The average molecular weight is 264 g/mol. The van der Waals surface area contributed by atoms with Crippen LogP contribution in [-0.4, -0.2) is 26.2 Å². The summed E-state index contributed by atoms with van der Waals surface area (Å²) >= 11 is 1.39. The van der Waals surface area contributed by atoms with Crippen LogP contribution in [0.25, 0.3) is 10.1 Å². The Morgan fingerprint density at radius 2 is 1.72 bits per heavy atom. The molecule has 1 aromatic carbocycles. The molecule has 0 unspecified atom stereocenters. The summed E-state index contributed by atoms with van der Waals surface area (Å²) in [6, 6.07) is 9.51. The maximum atomic E-state index is 11.7. The predicted molar refractivity (Wildman–Crippen MR) is 68.6 cm³/mol. The normalized spacial score (nSPS) is 10.6. The van der Waals surface area contributed by atoms with Crippen molar-refractivity contribution in [3.8, 4) is 0 Å². The lowest BCUT2D eigenvalue weighted by Crippen LogP contribution is -2.23. The molecule has 94 valence electrons. The SMILES string of the molecule is COC(=O)C(C(=O)OC)c1cc2ccccc2s1. The van der Waals surface area contributed by atoms with Crippen molar-refractivity contribution in [1.82, 2.24) is 0 Å². The van der Waals surface area contributed by atoms with E-state index in [1.807, 2.05) is 30.3 Å². The van der Waals surface area contributed by atoms with Gasteiger partial charge in [-0.25, -0.2) is 0 Å². The van der Waals surface area contributed by atoms with Gasteiger partial charge in [-0.15, -0.1) is 11.3 Å². The van der Waals surface area contributed by atoms with Crippen molar-refractivity contribution < 1.29 is 19.1 Å². The van der Waals surface area contributed by atoms with Gasteiger partial charge < -0.3 is 9.47 Å². The number of carbonyl (C=O) groups is 2. The van der Waals surface area contributed by atoms with Crippen molar-refractivity contribution in [3.63, 3.8) is 0 Å². The highest BCUT2D eigenvalue weighted by molar-refractivity contribution is 7.19. The van der Waals surface area contributed by atoms with Gasteiger partial charge in [0.25, 0.3) is 0 Å². The molecular formula is C13H12O4S. The molecule has 0 atom stereocenters. The van der Waals surface area contributed by atoms with Crippen LogP contribution in [0.15, 0.2) is 30.3 Å². The van der Waals surface area contributed by atoms with Crippen LogP contribution < -0.4 is 0 Å². The fraction of sp³-hybridized carbons (Fsp3) is 0.231. The highest BCUT2D eigenvalue weighted by Gasteiger charge is 2.32. The van der Waals surface area contributed by atoms with E-state index in [2.05, 4.69) is 9.47 Å². The third-order valence-electron chi connectivity index (χ3n) is 2.60. The summed E-state index contributed by atoms with van der Waals surface area (Å²) < 4.78 is 10.3. The summed E-state index contributed by atoms with van der Waals surface area (Å²) in [5, 5.41) is 0.996. The van der Waals surface area contributed by atoms with Crippen LogP contribution in [0, 0.1) is 0 Å². The molecule has 0 aliphatic rings. The molecule has 0 amide bonds. The maximum Gasteiger partial charge on any atom is 0.325 e. The van der Waals surface area contributed by atoms with Crippen LogP contribution in [0.1, 0.15) is 10.8 Å². The lowest BCUT2D eigenvalue weighted by molar-refractivity contribution is -0.154. The second-order valence-electron chi connectivity index (χ2n) is 3.67. The van der Waals surface area contributed by atoms with E-state index < -0.39 is 17.9 Å². The van der Waals surface area contributed by atoms with Crippen LogP contribution >= 0.6 is 11.3 Å². The Hall–Kier alpha value is -1.88. The molecule has 0 aliphatic carbocycles. The van der Waals surface area contributed by atoms with E-state index in [0.29, 0.717) is 4.88 Å². The topological polar surface area (TPSA) is 52.6 Å². The summed E-state index contributed by atoms with van der Waals surface area (Å²) in [4.78, 5) is 24.0. The van der Waals surface area contributed by atoms with E-state index in [9.17, 15) is 9.59 Å². The number of fused-ring (bicyclic) bond motifs is 1. The molecule has 0 aliphatic heterocycles. The van der Waals surface area contributed by atoms with E-state index >= 15 is 0 Å². The number of hydrogen-bond acceptors (Lipinski definition) is 5. The van der Waals surface area contributed by atoms with Crippen molar-refractivity contribution in [2.24, 2.45) is 0 Å². The van der Waals surface area contributed by atoms with Gasteiger partial charge >= 0.3 is 11.9 Å². The molecule has 18 heavy (non-hydrogen) atoms. The lowest BCUT2D eigenvalue weighted by Gasteiger charge is -2.09. The first-order valence-corrected chi connectivity index (χ1v) is 6.13. The maximum absolute atomic E-state index is 11.7. The Bertz CT molecular complexity index is 538. The van der Waals surface area contributed by atoms with Gasteiger partial charge in [0.05, 0.1) is 14.2 Å².